The first-order valence-electron chi connectivity index (χ1n) is 9.59. The number of urea groups is 1. The maximum atomic E-state index is 12.5. The van der Waals surface area contributed by atoms with Gasteiger partial charge in [0, 0.05) is 50.0 Å². The van der Waals surface area contributed by atoms with Gasteiger partial charge in [-0.15, -0.1) is 0 Å². The average Bonchev–Trinajstić information content (AvgIpc) is 3.33. The fraction of sp³-hybridized carbons (Fsp3) is 0.778. The summed E-state index contributed by atoms with van der Waals surface area (Å²) in [5, 5.41) is 3.21. The molecule has 2 aliphatic heterocycles. The summed E-state index contributed by atoms with van der Waals surface area (Å²) in [6, 6.07) is 1.47. The fourth-order valence-corrected chi connectivity index (χ4v) is 4.30. The van der Waals surface area contributed by atoms with Gasteiger partial charge in [0.05, 0.1) is 0 Å². The van der Waals surface area contributed by atoms with E-state index in [9.17, 15) is 4.79 Å². The van der Waals surface area contributed by atoms with Crippen molar-refractivity contribution < 1.29 is 4.79 Å². The number of H-pyrrole nitrogens is 1. The summed E-state index contributed by atoms with van der Waals surface area (Å²) in [5.74, 6) is 1.53. The quantitative estimate of drug-likeness (QED) is 0.890. The zero-order valence-electron chi connectivity index (χ0n) is 14.4. The van der Waals surface area contributed by atoms with Crippen LogP contribution < -0.4 is 5.32 Å². The van der Waals surface area contributed by atoms with E-state index < -0.39 is 0 Å². The minimum absolute atomic E-state index is 0.120. The van der Waals surface area contributed by atoms with Crippen LogP contribution >= 0.6 is 0 Å². The van der Waals surface area contributed by atoms with Gasteiger partial charge in [0.25, 0.3) is 0 Å². The molecular formula is C18H29N5O. The molecule has 6 heteroatoms. The van der Waals surface area contributed by atoms with Crippen molar-refractivity contribution in [3.05, 3.63) is 18.2 Å². The lowest BCUT2D eigenvalue weighted by molar-refractivity contribution is 0.131. The molecule has 4 rings (SSSR count). The summed E-state index contributed by atoms with van der Waals surface area (Å²) in [5.41, 5.74) is 0. The molecule has 24 heavy (non-hydrogen) atoms. The molecule has 0 aromatic carbocycles. The number of nitrogens with one attached hydrogen (secondary N) is 2. The maximum absolute atomic E-state index is 12.5. The van der Waals surface area contributed by atoms with E-state index in [2.05, 4.69) is 20.2 Å². The smallest absolute Gasteiger partial charge is 0.317 e. The molecule has 1 aromatic rings. The third-order valence-corrected chi connectivity index (χ3v) is 5.87. The number of carbonyl (C=O) groups excluding carboxylic acids is 1. The highest BCUT2D eigenvalue weighted by atomic mass is 16.2. The molecular weight excluding hydrogens is 302 g/mol. The highest BCUT2D eigenvalue weighted by Crippen LogP contribution is 2.32. The topological polar surface area (TPSA) is 64.3 Å². The van der Waals surface area contributed by atoms with Crippen LogP contribution in [0.3, 0.4) is 0 Å². The minimum Gasteiger partial charge on any atom is -0.348 e. The zero-order chi connectivity index (χ0) is 16.4. The fourth-order valence-electron chi connectivity index (χ4n) is 4.30. The van der Waals surface area contributed by atoms with Crippen LogP contribution in [0, 0.1) is 0 Å². The standard InChI is InChI=1S/C18H29N5O/c24-18(21-13-16-3-1-2-10-23(16)15-4-5-15)22-11-6-14(7-12-22)17-19-8-9-20-17/h8-9,14-16H,1-7,10-13H2,(H,19,20)(H,21,24). The first-order chi connectivity index (χ1) is 11.8. The Kier molecular flexibility index (Phi) is 4.74. The van der Waals surface area contributed by atoms with Gasteiger partial charge in [-0.05, 0) is 45.1 Å². The predicted molar refractivity (Wildman–Crippen MR) is 92.9 cm³/mol. The van der Waals surface area contributed by atoms with Crippen LogP contribution in [0.15, 0.2) is 12.4 Å². The summed E-state index contributed by atoms with van der Waals surface area (Å²) >= 11 is 0. The Morgan fingerprint density at radius 2 is 2.00 bits per heavy atom. The molecule has 2 N–H and O–H groups in total. The van der Waals surface area contributed by atoms with Crippen LogP contribution in [0.25, 0.3) is 0 Å². The van der Waals surface area contributed by atoms with Crippen LogP contribution in [0.5, 0.6) is 0 Å². The van der Waals surface area contributed by atoms with Crippen molar-refractivity contribution >= 4 is 6.03 Å². The Balaban J connectivity index is 1.23. The van der Waals surface area contributed by atoms with Crippen molar-refractivity contribution in [2.45, 2.75) is 62.9 Å². The van der Waals surface area contributed by atoms with Crippen molar-refractivity contribution in [2.24, 2.45) is 0 Å². The highest BCUT2D eigenvalue weighted by molar-refractivity contribution is 5.74. The number of imidazole rings is 1. The Morgan fingerprint density at radius 3 is 2.71 bits per heavy atom. The summed E-state index contributed by atoms with van der Waals surface area (Å²) < 4.78 is 0. The monoisotopic (exact) mass is 331 g/mol. The van der Waals surface area contributed by atoms with E-state index >= 15 is 0 Å². The van der Waals surface area contributed by atoms with Crippen LogP contribution in [-0.2, 0) is 0 Å². The Labute approximate surface area is 144 Å². The van der Waals surface area contributed by atoms with E-state index in [0.29, 0.717) is 12.0 Å². The van der Waals surface area contributed by atoms with Gasteiger partial charge in [-0.1, -0.05) is 6.42 Å². The lowest BCUT2D eigenvalue weighted by atomic mass is 9.96. The molecule has 1 unspecified atom stereocenters. The molecule has 3 heterocycles. The van der Waals surface area contributed by atoms with Crippen molar-refractivity contribution in [3.8, 4) is 0 Å². The van der Waals surface area contributed by atoms with Gasteiger partial charge in [-0.3, -0.25) is 4.90 Å². The van der Waals surface area contributed by atoms with Crippen LogP contribution in [0.2, 0.25) is 0 Å². The largest absolute Gasteiger partial charge is 0.348 e. The van der Waals surface area contributed by atoms with Crippen molar-refractivity contribution in [1.29, 1.82) is 0 Å². The van der Waals surface area contributed by atoms with E-state index in [4.69, 9.17) is 0 Å². The van der Waals surface area contributed by atoms with Gasteiger partial charge in [-0.2, -0.15) is 0 Å². The molecule has 3 fully saturated rings. The zero-order valence-corrected chi connectivity index (χ0v) is 14.4. The Bertz CT molecular complexity index is 534. The second-order valence-electron chi connectivity index (χ2n) is 7.54. The molecule has 0 radical (unpaired) electrons. The van der Waals surface area contributed by atoms with Gasteiger partial charge in [0.15, 0.2) is 0 Å². The van der Waals surface area contributed by atoms with E-state index in [1.165, 1.54) is 38.6 Å². The minimum atomic E-state index is 0.120. The maximum Gasteiger partial charge on any atom is 0.317 e. The second kappa shape index (κ2) is 7.13. The molecule has 3 aliphatic rings. The molecule has 2 amide bonds. The summed E-state index contributed by atoms with van der Waals surface area (Å²) in [4.78, 5) is 24.7. The third kappa shape index (κ3) is 3.58. The summed E-state index contributed by atoms with van der Waals surface area (Å²) in [6.07, 6.45) is 12.2. The number of nitrogens with zero attached hydrogens (tertiary/aromatic N) is 3. The Hall–Kier alpha value is -1.56. The molecule has 132 valence electrons. The van der Waals surface area contributed by atoms with Gasteiger partial charge in [0.2, 0.25) is 0 Å². The van der Waals surface area contributed by atoms with Crippen molar-refractivity contribution in [2.75, 3.05) is 26.2 Å². The lowest BCUT2D eigenvalue weighted by Crippen LogP contribution is -2.51. The Morgan fingerprint density at radius 1 is 1.17 bits per heavy atom. The number of aromatic nitrogens is 2. The number of hydrogen-bond donors (Lipinski definition) is 2. The normalized spacial score (nSPS) is 26.5. The lowest BCUT2D eigenvalue weighted by Gasteiger charge is -2.37. The molecule has 0 spiro atoms. The van der Waals surface area contributed by atoms with E-state index in [1.54, 1.807) is 0 Å². The van der Waals surface area contributed by atoms with Gasteiger partial charge in [0.1, 0.15) is 5.82 Å². The molecule has 1 aromatic heterocycles. The summed E-state index contributed by atoms with van der Waals surface area (Å²) in [7, 11) is 0. The molecule has 6 nitrogen and oxygen atoms in total. The molecule has 1 saturated carbocycles. The van der Waals surface area contributed by atoms with Gasteiger partial charge in [-0.25, -0.2) is 9.78 Å². The first kappa shape index (κ1) is 15.9. The van der Waals surface area contributed by atoms with Crippen LogP contribution in [0.1, 0.15) is 56.7 Å². The summed E-state index contributed by atoms with van der Waals surface area (Å²) in [6.45, 7) is 3.69. The molecule has 1 aliphatic carbocycles. The van der Waals surface area contributed by atoms with E-state index in [0.717, 1.165) is 44.3 Å². The van der Waals surface area contributed by atoms with Gasteiger partial charge < -0.3 is 15.2 Å². The number of likely N-dealkylation sites (tertiary alicyclic amines) is 2. The van der Waals surface area contributed by atoms with E-state index in [-0.39, 0.29) is 6.03 Å². The number of piperidine rings is 2. The van der Waals surface area contributed by atoms with Crippen LogP contribution in [-0.4, -0.2) is 64.1 Å². The second-order valence-corrected chi connectivity index (χ2v) is 7.54. The molecule has 1 atom stereocenters. The average molecular weight is 331 g/mol. The number of aromatic amines is 1. The SMILES string of the molecule is O=C(NCC1CCCCN1C1CC1)N1CCC(c2ncc[nH]2)CC1. The first-order valence-corrected chi connectivity index (χ1v) is 9.59. The van der Waals surface area contributed by atoms with Crippen molar-refractivity contribution in [3.63, 3.8) is 0 Å². The number of carbonyl (C=O) groups is 1. The molecule has 2 saturated heterocycles. The van der Waals surface area contributed by atoms with Gasteiger partial charge >= 0.3 is 6.03 Å². The number of amides is 2. The number of hydrogen-bond acceptors (Lipinski definition) is 3. The molecule has 0 bridgehead atoms. The third-order valence-electron chi connectivity index (χ3n) is 5.87. The van der Waals surface area contributed by atoms with E-state index in [1.807, 2.05) is 17.3 Å². The predicted octanol–water partition coefficient (Wildman–Crippen LogP) is 2.32. The van der Waals surface area contributed by atoms with Crippen molar-refractivity contribution in [1.82, 2.24) is 25.1 Å². The number of rotatable bonds is 4. The highest BCUT2D eigenvalue weighted by Gasteiger charge is 2.35. The van der Waals surface area contributed by atoms with Crippen LogP contribution in [0.4, 0.5) is 4.79 Å².